The van der Waals surface area contributed by atoms with Gasteiger partial charge in [0, 0.05) is 31.6 Å². The summed E-state index contributed by atoms with van der Waals surface area (Å²) >= 11 is 7.91. The van der Waals surface area contributed by atoms with Gasteiger partial charge in [-0.25, -0.2) is 4.39 Å². The number of thiophene rings is 1. The first kappa shape index (κ1) is 20.8. The van der Waals surface area contributed by atoms with Gasteiger partial charge in [-0.15, -0.1) is 11.3 Å². The van der Waals surface area contributed by atoms with Crippen molar-refractivity contribution in [3.8, 4) is 0 Å². The van der Waals surface area contributed by atoms with E-state index in [-0.39, 0.29) is 23.2 Å². The monoisotopic (exact) mass is 436 g/mol. The average Bonchev–Trinajstić information content (AvgIpc) is 3.12. The number of nitrogens with one attached hydrogen (secondary N) is 1. The summed E-state index contributed by atoms with van der Waals surface area (Å²) in [5, 5.41) is 2.74. The van der Waals surface area contributed by atoms with Crippen LogP contribution in [0.15, 0.2) is 30.3 Å². The standard InChI is InChI=1S/C22H26ClFN2O2S/c1-25-21(27)17(12-15-4-2-3-5-18(15)24)14-26-9-7-22(8-10-26)20-16(6-11-28-22)13-19(23)29-20/h2-5,13,17H,6-12,14H2,1H3,(H,25,27)/t17-/m0/s1. The fraction of sp³-hybridized carbons (Fsp3) is 0.500. The van der Waals surface area contributed by atoms with Gasteiger partial charge in [0.25, 0.3) is 0 Å². The molecule has 0 radical (unpaired) electrons. The SMILES string of the molecule is CNC(=O)[C@@H](Cc1ccccc1F)CN1CCC2(CC1)OCCc1cc(Cl)sc12. The van der Waals surface area contributed by atoms with E-state index in [0.29, 0.717) is 18.5 Å². The Balaban J connectivity index is 1.43. The van der Waals surface area contributed by atoms with Crippen LogP contribution >= 0.6 is 22.9 Å². The van der Waals surface area contributed by atoms with E-state index in [4.69, 9.17) is 16.3 Å². The molecule has 4 nitrogen and oxygen atoms in total. The van der Waals surface area contributed by atoms with Gasteiger partial charge in [-0.2, -0.15) is 0 Å². The molecule has 1 amide bonds. The first-order valence-corrected chi connectivity index (χ1v) is 11.3. The second-order valence-electron chi connectivity index (χ2n) is 7.90. The maximum atomic E-state index is 14.1. The molecule has 2 aliphatic rings. The molecule has 1 aromatic heterocycles. The van der Waals surface area contributed by atoms with Crippen LogP contribution in [0.4, 0.5) is 4.39 Å². The molecule has 156 valence electrons. The molecule has 7 heteroatoms. The molecule has 1 aromatic carbocycles. The van der Waals surface area contributed by atoms with Gasteiger partial charge < -0.3 is 15.0 Å². The molecule has 2 aliphatic heterocycles. The summed E-state index contributed by atoms with van der Waals surface area (Å²) in [6, 6.07) is 8.77. The molecule has 1 spiro atoms. The summed E-state index contributed by atoms with van der Waals surface area (Å²) in [4.78, 5) is 16.0. The van der Waals surface area contributed by atoms with Crippen molar-refractivity contribution in [3.05, 3.63) is 56.5 Å². The van der Waals surface area contributed by atoms with Crippen LogP contribution in [0.3, 0.4) is 0 Å². The molecule has 2 aromatic rings. The van der Waals surface area contributed by atoms with Gasteiger partial charge in [0.2, 0.25) is 5.91 Å². The van der Waals surface area contributed by atoms with Crippen molar-refractivity contribution in [2.24, 2.45) is 5.92 Å². The Hall–Kier alpha value is -1.47. The smallest absolute Gasteiger partial charge is 0.224 e. The molecule has 0 aliphatic carbocycles. The van der Waals surface area contributed by atoms with Gasteiger partial charge in [-0.05, 0) is 48.9 Å². The minimum atomic E-state index is -0.287. The summed E-state index contributed by atoms with van der Waals surface area (Å²) in [5.74, 6) is -0.587. The van der Waals surface area contributed by atoms with Crippen molar-refractivity contribution in [2.75, 3.05) is 33.3 Å². The highest BCUT2D eigenvalue weighted by Crippen LogP contribution is 2.46. The van der Waals surface area contributed by atoms with Crippen LogP contribution < -0.4 is 5.32 Å². The molecule has 29 heavy (non-hydrogen) atoms. The van der Waals surface area contributed by atoms with E-state index in [0.717, 1.165) is 43.3 Å². The van der Waals surface area contributed by atoms with Gasteiger partial charge >= 0.3 is 0 Å². The number of fused-ring (bicyclic) bond motifs is 2. The van der Waals surface area contributed by atoms with Crippen LogP contribution in [0.2, 0.25) is 4.34 Å². The number of piperidine rings is 1. The number of halogens is 2. The number of ether oxygens (including phenoxy) is 1. The number of carbonyl (C=O) groups excluding carboxylic acids is 1. The van der Waals surface area contributed by atoms with Crippen LogP contribution in [0.5, 0.6) is 0 Å². The predicted octanol–water partition coefficient (Wildman–Crippen LogP) is 4.01. The Kier molecular flexibility index (Phi) is 6.25. The zero-order chi connectivity index (χ0) is 20.4. The lowest BCUT2D eigenvalue weighted by Gasteiger charge is -2.44. The summed E-state index contributed by atoms with van der Waals surface area (Å²) in [5.41, 5.74) is 1.67. The van der Waals surface area contributed by atoms with Gasteiger partial charge in [0.1, 0.15) is 11.4 Å². The molecular weight excluding hydrogens is 411 g/mol. The highest BCUT2D eigenvalue weighted by Gasteiger charge is 2.42. The first-order valence-electron chi connectivity index (χ1n) is 10.1. The number of amides is 1. The van der Waals surface area contributed by atoms with E-state index < -0.39 is 0 Å². The highest BCUT2D eigenvalue weighted by atomic mass is 35.5. The molecular formula is C22H26ClFN2O2S. The van der Waals surface area contributed by atoms with Gasteiger partial charge in [0.05, 0.1) is 16.9 Å². The van der Waals surface area contributed by atoms with E-state index in [1.807, 2.05) is 6.07 Å². The Morgan fingerprint density at radius 2 is 2.14 bits per heavy atom. The highest BCUT2D eigenvalue weighted by molar-refractivity contribution is 7.16. The van der Waals surface area contributed by atoms with Crippen LogP contribution in [-0.4, -0.2) is 44.1 Å². The number of hydrogen-bond donors (Lipinski definition) is 1. The van der Waals surface area contributed by atoms with Crippen LogP contribution in [0.1, 0.15) is 28.8 Å². The quantitative estimate of drug-likeness (QED) is 0.770. The minimum absolute atomic E-state index is 0.0465. The lowest BCUT2D eigenvalue weighted by atomic mass is 9.85. The third-order valence-corrected chi connectivity index (χ3v) is 7.62. The maximum Gasteiger partial charge on any atom is 0.224 e. The van der Waals surface area contributed by atoms with Gasteiger partial charge in [-0.1, -0.05) is 29.8 Å². The van der Waals surface area contributed by atoms with Crippen molar-refractivity contribution in [2.45, 2.75) is 31.3 Å². The largest absolute Gasteiger partial charge is 0.369 e. The van der Waals surface area contributed by atoms with Gasteiger partial charge in [0.15, 0.2) is 0 Å². The van der Waals surface area contributed by atoms with Crippen LogP contribution in [0.25, 0.3) is 0 Å². The normalized spacial score (nSPS) is 19.7. The molecule has 3 heterocycles. The van der Waals surface area contributed by atoms with Crippen molar-refractivity contribution < 1.29 is 13.9 Å². The third-order valence-electron chi connectivity index (χ3n) is 6.13. The summed E-state index contributed by atoms with van der Waals surface area (Å²) in [6.45, 7) is 3.04. The van der Waals surface area contributed by atoms with E-state index in [2.05, 4.69) is 16.3 Å². The third kappa shape index (κ3) is 4.36. The maximum absolute atomic E-state index is 14.1. The first-order chi connectivity index (χ1) is 14.0. The van der Waals surface area contributed by atoms with Crippen molar-refractivity contribution in [1.29, 1.82) is 0 Å². The Bertz CT molecular complexity index is 879. The van der Waals surface area contributed by atoms with Crippen molar-refractivity contribution in [1.82, 2.24) is 10.2 Å². The Labute approximate surface area is 180 Å². The number of carbonyl (C=O) groups is 1. The zero-order valence-corrected chi connectivity index (χ0v) is 18.1. The molecule has 4 rings (SSSR count). The number of nitrogens with zero attached hydrogens (tertiary/aromatic N) is 1. The molecule has 1 fully saturated rings. The van der Waals surface area contributed by atoms with E-state index >= 15 is 0 Å². The Morgan fingerprint density at radius 1 is 1.38 bits per heavy atom. The molecule has 1 N–H and O–H groups in total. The van der Waals surface area contributed by atoms with Crippen molar-refractivity contribution in [3.63, 3.8) is 0 Å². The van der Waals surface area contributed by atoms with E-state index in [9.17, 15) is 9.18 Å². The van der Waals surface area contributed by atoms with Gasteiger partial charge in [-0.3, -0.25) is 4.79 Å². The zero-order valence-electron chi connectivity index (χ0n) is 16.5. The molecule has 1 atom stereocenters. The molecule has 1 saturated heterocycles. The minimum Gasteiger partial charge on any atom is -0.369 e. The number of likely N-dealkylation sites (tertiary alicyclic amines) is 1. The summed E-state index contributed by atoms with van der Waals surface area (Å²) in [7, 11) is 1.64. The summed E-state index contributed by atoms with van der Waals surface area (Å²) < 4.78 is 21.2. The average molecular weight is 437 g/mol. The second kappa shape index (κ2) is 8.72. The number of hydrogen-bond acceptors (Lipinski definition) is 4. The topological polar surface area (TPSA) is 41.6 Å². The fourth-order valence-corrected chi connectivity index (χ4v) is 6.04. The van der Waals surface area contributed by atoms with Crippen LogP contribution in [0, 0.1) is 11.7 Å². The van der Waals surface area contributed by atoms with E-state index in [1.54, 1.807) is 30.5 Å². The number of benzene rings is 1. The predicted molar refractivity (Wildman–Crippen MR) is 114 cm³/mol. The summed E-state index contributed by atoms with van der Waals surface area (Å²) in [6.07, 6.45) is 3.09. The fourth-order valence-electron chi connectivity index (χ4n) is 4.54. The Morgan fingerprint density at radius 3 is 2.86 bits per heavy atom. The second-order valence-corrected chi connectivity index (χ2v) is 9.59. The van der Waals surface area contributed by atoms with Crippen LogP contribution in [-0.2, 0) is 28.0 Å². The lowest BCUT2D eigenvalue weighted by Crippen LogP contribution is -2.48. The van der Waals surface area contributed by atoms with E-state index in [1.165, 1.54) is 16.5 Å². The lowest BCUT2D eigenvalue weighted by molar-refractivity contribution is -0.126. The molecule has 0 saturated carbocycles. The molecule has 0 bridgehead atoms. The molecule has 0 unspecified atom stereocenters. The van der Waals surface area contributed by atoms with Crippen molar-refractivity contribution >= 4 is 28.8 Å². The number of rotatable bonds is 5.